The molecule has 0 aromatic heterocycles. The standard InChI is InChI=1S/C13H26N4/c1-4-7-15-13(14-3)16-10-12-6-9-17(11-12)8-5-2/h4,12H,1,5-11H2,2-3H3,(H2,14,15,16). The van der Waals surface area contributed by atoms with E-state index >= 15 is 0 Å². The molecule has 0 saturated carbocycles. The summed E-state index contributed by atoms with van der Waals surface area (Å²) in [6.07, 6.45) is 4.39. The van der Waals surface area contributed by atoms with E-state index in [2.05, 4.69) is 34.0 Å². The normalized spacial score (nSPS) is 21.5. The van der Waals surface area contributed by atoms with Crippen molar-refractivity contribution in [3.8, 4) is 0 Å². The van der Waals surface area contributed by atoms with Gasteiger partial charge in [0.05, 0.1) is 0 Å². The van der Waals surface area contributed by atoms with Gasteiger partial charge in [0.25, 0.3) is 0 Å². The van der Waals surface area contributed by atoms with Gasteiger partial charge in [-0.25, -0.2) is 0 Å². The van der Waals surface area contributed by atoms with E-state index in [0.29, 0.717) is 0 Å². The van der Waals surface area contributed by atoms with E-state index in [1.165, 1.54) is 32.5 Å². The Balaban J connectivity index is 2.19. The highest BCUT2D eigenvalue weighted by molar-refractivity contribution is 5.79. The Morgan fingerprint density at radius 3 is 3.00 bits per heavy atom. The van der Waals surface area contributed by atoms with Crippen molar-refractivity contribution < 1.29 is 0 Å². The summed E-state index contributed by atoms with van der Waals surface area (Å²) in [5.74, 6) is 1.63. The molecule has 1 unspecified atom stereocenters. The number of guanidine groups is 1. The van der Waals surface area contributed by atoms with Gasteiger partial charge in [0.1, 0.15) is 0 Å². The molecule has 0 aliphatic carbocycles. The van der Waals surface area contributed by atoms with E-state index in [1.807, 2.05) is 6.08 Å². The topological polar surface area (TPSA) is 39.7 Å². The largest absolute Gasteiger partial charge is 0.356 e. The highest BCUT2D eigenvalue weighted by atomic mass is 15.2. The molecule has 2 N–H and O–H groups in total. The minimum absolute atomic E-state index is 0.754. The molecule has 0 radical (unpaired) electrons. The van der Waals surface area contributed by atoms with Crippen molar-refractivity contribution in [2.75, 3.05) is 39.8 Å². The first-order valence-corrected chi connectivity index (χ1v) is 6.57. The molecular formula is C13H26N4. The summed E-state index contributed by atoms with van der Waals surface area (Å²) in [7, 11) is 1.80. The van der Waals surface area contributed by atoms with Gasteiger partial charge in [0.15, 0.2) is 5.96 Å². The SMILES string of the molecule is C=CCNC(=NC)NCC1CCN(CCC)C1. The number of nitrogens with zero attached hydrogens (tertiary/aromatic N) is 2. The number of aliphatic imine (C=N–C) groups is 1. The fourth-order valence-corrected chi connectivity index (χ4v) is 2.23. The third kappa shape index (κ3) is 5.22. The Morgan fingerprint density at radius 1 is 1.53 bits per heavy atom. The zero-order chi connectivity index (χ0) is 12.5. The Labute approximate surface area is 105 Å². The molecule has 0 bridgehead atoms. The van der Waals surface area contributed by atoms with E-state index < -0.39 is 0 Å². The average molecular weight is 238 g/mol. The maximum atomic E-state index is 4.17. The van der Waals surface area contributed by atoms with Crippen LogP contribution < -0.4 is 10.6 Å². The number of rotatable bonds is 6. The molecule has 0 aromatic rings. The lowest BCUT2D eigenvalue weighted by Gasteiger charge is -2.16. The molecule has 1 saturated heterocycles. The van der Waals surface area contributed by atoms with Crippen molar-refractivity contribution in [3.63, 3.8) is 0 Å². The second-order valence-electron chi connectivity index (χ2n) is 4.58. The molecule has 0 spiro atoms. The Morgan fingerprint density at radius 2 is 2.35 bits per heavy atom. The molecular weight excluding hydrogens is 212 g/mol. The molecule has 1 rings (SSSR count). The zero-order valence-corrected chi connectivity index (χ0v) is 11.2. The van der Waals surface area contributed by atoms with E-state index in [9.17, 15) is 0 Å². The fraction of sp³-hybridized carbons (Fsp3) is 0.769. The van der Waals surface area contributed by atoms with Crippen molar-refractivity contribution in [1.82, 2.24) is 15.5 Å². The lowest BCUT2D eigenvalue weighted by atomic mass is 10.1. The minimum atomic E-state index is 0.754. The first kappa shape index (κ1) is 14.0. The van der Waals surface area contributed by atoms with Crippen LogP contribution in [0, 0.1) is 5.92 Å². The van der Waals surface area contributed by atoms with Crippen LogP contribution in [0.1, 0.15) is 19.8 Å². The van der Waals surface area contributed by atoms with Crippen LogP contribution in [0.25, 0.3) is 0 Å². The third-order valence-electron chi connectivity index (χ3n) is 3.11. The van der Waals surface area contributed by atoms with Gasteiger partial charge in [-0.1, -0.05) is 13.0 Å². The molecule has 17 heavy (non-hydrogen) atoms. The van der Waals surface area contributed by atoms with Crippen LogP contribution in [-0.2, 0) is 0 Å². The van der Waals surface area contributed by atoms with Crippen LogP contribution in [-0.4, -0.2) is 50.6 Å². The summed E-state index contributed by atoms with van der Waals surface area (Å²) in [5, 5.41) is 6.56. The third-order valence-corrected chi connectivity index (χ3v) is 3.11. The van der Waals surface area contributed by atoms with Gasteiger partial charge in [-0.15, -0.1) is 6.58 Å². The summed E-state index contributed by atoms with van der Waals surface area (Å²) in [4.78, 5) is 6.72. The van der Waals surface area contributed by atoms with E-state index in [-0.39, 0.29) is 0 Å². The smallest absolute Gasteiger partial charge is 0.191 e. The highest BCUT2D eigenvalue weighted by Crippen LogP contribution is 2.15. The van der Waals surface area contributed by atoms with Gasteiger partial charge >= 0.3 is 0 Å². The Bertz CT molecular complexity index is 250. The lowest BCUT2D eigenvalue weighted by molar-refractivity contribution is 0.324. The fourth-order valence-electron chi connectivity index (χ4n) is 2.23. The van der Waals surface area contributed by atoms with Gasteiger partial charge in [-0.2, -0.15) is 0 Å². The summed E-state index contributed by atoms with van der Waals surface area (Å²) in [5.41, 5.74) is 0. The van der Waals surface area contributed by atoms with Gasteiger partial charge < -0.3 is 15.5 Å². The molecule has 0 aromatic carbocycles. The van der Waals surface area contributed by atoms with Gasteiger partial charge in [0.2, 0.25) is 0 Å². The number of likely N-dealkylation sites (tertiary alicyclic amines) is 1. The summed E-state index contributed by atoms with van der Waals surface area (Å²) >= 11 is 0. The van der Waals surface area contributed by atoms with Crippen LogP contribution in [0.15, 0.2) is 17.6 Å². The van der Waals surface area contributed by atoms with Crippen LogP contribution in [0.4, 0.5) is 0 Å². The van der Waals surface area contributed by atoms with Gasteiger partial charge in [-0.05, 0) is 31.8 Å². The van der Waals surface area contributed by atoms with Crippen molar-refractivity contribution >= 4 is 5.96 Å². The van der Waals surface area contributed by atoms with Crippen molar-refractivity contribution in [2.45, 2.75) is 19.8 Å². The molecule has 4 heteroatoms. The second-order valence-corrected chi connectivity index (χ2v) is 4.58. The van der Waals surface area contributed by atoms with Crippen molar-refractivity contribution in [1.29, 1.82) is 0 Å². The maximum absolute atomic E-state index is 4.17. The molecule has 1 aliphatic rings. The second kappa shape index (κ2) is 8.12. The summed E-state index contributed by atoms with van der Waals surface area (Å²) in [6, 6.07) is 0. The van der Waals surface area contributed by atoms with Crippen LogP contribution in [0.5, 0.6) is 0 Å². The number of nitrogens with one attached hydrogen (secondary N) is 2. The number of hydrogen-bond acceptors (Lipinski definition) is 2. The van der Waals surface area contributed by atoms with Gasteiger partial charge in [-0.3, -0.25) is 4.99 Å². The Hall–Kier alpha value is -1.03. The van der Waals surface area contributed by atoms with Gasteiger partial charge in [0, 0.05) is 26.7 Å². The quantitative estimate of drug-likeness (QED) is 0.413. The van der Waals surface area contributed by atoms with E-state index in [1.54, 1.807) is 7.05 Å². The minimum Gasteiger partial charge on any atom is -0.356 e. The van der Waals surface area contributed by atoms with Crippen LogP contribution in [0.3, 0.4) is 0 Å². The monoisotopic (exact) mass is 238 g/mol. The molecule has 4 nitrogen and oxygen atoms in total. The van der Waals surface area contributed by atoms with Crippen molar-refractivity contribution in [3.05, 3.63) is 12.7 Å². The van der Waals surface area contributed by atoms with E-state index in [4.69, 9.17) is 0 Å². The first-order chi connectivity index (χ1) is 8.30. The molecule has 1 heterocycles. The summed E-state index contributed by atoms with van der Waals surface area (Å²) in [6.45, 7) is 11.4. The van der Waals surface area contributed by atoms with Crippen molar-refractivity contribution in [2.24, 2.45) is 10.9 Å². The molecule has 1 aliphatic heterocycles. The average Bonchev–Trinajstić information content (AvgIpc) is 2.78. The predicted octanol–water partition coefficient (Wildman–Crippen LogP) is 1.07. The molecule has 0 amide bonds. The van der Waals surface area contributed by atoms with Crippen LogP contribution >= 0.6 is 0 Å². The first-order valence-electron chi connectivity index (χ1n) is 6.57. The number of hydrogen-bond donors (Lipinski definition) is 2. The van der Waals surface area contributed by atoms with Crippen LogP contribution in [0.2, 0.25) is 0 Å². The zero-order valence-electron chi connectivity index (χ0n) is 11.2. The molecule has 1 fully saturated rings. The molecule has 98 valence electrons. The summed E-state index contributed by atoms with van der Waals surface area (Å²) < 4.78 is 0. The Kier molecular flexibility index (Phi) is 6.70. The maximum Gasteiger partial charge on any atom is 0.191 e. The van der Waals surface area contributed by atoms with E-state index in [0.717, 1.165) is 25.0 Å². The highest BCUT2D eigenvalue weighted by Gasteiger charge is 2.21. The predicted molar refractivity (Wildman–Crippen MR) is 74.4 cm³/mol. The lowest BCUT2D eigenvalue weighted by Crippen LogP contribution is -2.40. The molecule has 1 atom stereocenters.